The Morgan fingerprint density at radius 3 is 1.61 bits per heavy atom. The van der Waals surface area contributed by atoms with E-state index < -0.39 is 24.8 Å². The van der Waals surface area contributed by atoms with Gasteiger partial charge in [0, 0.05) is 10.6 Å². The molecule has 3 atom stereocenters. The molecule has 1 heterocycles. The standard InChI is InChI=1S/C29H25O3P/c30-29-26(21-22-13-5-1-6-14-22)28(27(32-29)23-15-7-2-8-16-23)33(31,24-17-9-3-10-18-24)25-19-11-4-12-20-25/h1-20,26-28H,21H2/t26-,27-,28-/m1/s1. The lowest BCUT2D eigenvalue weighted by Crippen LogP contribution is -2.34. The lowest BCUT2D eigenvalue weighted by Gasteiger charge is -2.31. The van der Waals surface area contributed by atoms with Gasteiger partial charge in [-0.25, -0.2) is 0 Å². The molecule has 164 valence electrons. The summed E-state index contributed by atoms with van der Waals surface area (Å²) in [6.45, 7) is 0. The fraction of sp³-hybridized carbons (Fsp3) is 0.138. The molecule has 4 aromatic carbocycles. The monoisotopic (exact) mass is 452 g/mol. The Hall–Kier alpha value is -3.42. The van der Waals surface area contributed by atoms with Crippen molar-refractivity contribution in [2.24, 2.45) is 5.92 Å². The summed E-state index contributed by atoms with van der Waals surface area (Å²) in [6.07, 6.45) is -0.101. The van der Waals surface area contributed by atoms with Gasteiger partial charge < -0.3 is 9.30 Å². The van der Waals surface area contributed by atoms with E-state index in [1.54, 1.807) is 0 Å². The molecule has 3 nitrogen and oxygen atoms in total. The summed E-state index contributed by atoms with van der Waals surface area (Å²) in [7, 11) is -3.27. The van der Waals surface area contributed by atoms with Crippen molar-refractivity contribution in [1.29, 1.82) is 0 Å². The van der Waals surface area contributed by atoms with Gasteiger partial charge in [0.2, 0.25) is 0 Å². The Bertz CT molecular complexity index is 1210. The van der Waals surface area contributed by atoms with E-state index in [2.05, 4.69) is 0 Å². The van der Waals surface area contributed by atoms with E-state index in [0.717, 1.165) is 21.7 Å². The molecule has 0 N–H and O–H groups in total. The summed E-state index contributed by atoms with van der Waals surface area (Å²) < 4.78 is 21.3. The predicted molar refractivity (Wildman–Crippen MR) is 132 cm³/mol. The smallest absolute Gasteiger partial charge is 0.310 e. The summed E-state index contributed by atoms with van der Waals surface area (Å²) in [4.78, 5) is 13.3. The van der Waals surface area contributed by atoms with Crippen LogP contribution in [0.4, 0.5) is 0 Å². The maximum atomic E-state index is 15.3. The van der Waals surface area contributed by atoms with Crippen LogP contribution >= 0.6 is 7.14 Å². The molecule has 4 heteroatoms. The van der Waals surface area contributed by atoms with Gasteiger partial charge in [-0.15, -0.1) is 0 Å². The van der Waals surface area contributed by atoms with E-state index in [4.69, 9.17) is 4.74 Å². The number of hydrogen-bond acceptors (Lipinski definition) is 3. The number of rotatable bonds is 6. The summed E-state index contributed by atoms with van der Waals surface area (Å²) in [5.74, 6) is -0.811. The molecule has 0 aliphatic carbocycles. The average Bonchev–Trinajstić information content (AvgIpc) is 3.22. The molecule has 0 spiro atoms. The molecule has 1 aliphatic heterocycles. The van der Waals surface area contributed by atoms with E-state index in [1.807, 2.05) is 121 Å². The van der Waals surface area contributed by atoms with Crippen LogP contribution in [0.1, 0.15) is 17.2 Å². The Labute approximate surface area is 194 Å². The highest BCUT2D eigenvalue weighted by Crippen LogP contribution is 2.60. The normalized spacial score (nSPS) is 20.4. The summed E-state index contributed by atoms with van der Waals surface area (Å²) in [5, 5.41) is 1.50. The van der Waals surface area contributed by atoms with E-state index in [1.165, 1.54) is 0 Å². The van der Waals surface area contributed by atoms with Crippen molar-refractivity contribution < 1.29 is 14.1 Å². The summed E-state index contributed by atoms with van der Waals surface area (Å²) in [6, 6.07) is 38.8. The zero-order valence-corrected chi connectivity index (χ0v) is 19.1. The zero-order valence-electron chi connectivity index (χ0n) is 18.2. The molecule has 5 rings (SSSR count). The quantitative estimate of drug-likeness (QED) is 0.286. The first kappa shape index (κ1) is 21.4. The predicted octanol–water partition coefficient (Wildman–Crippen LogP) is 5.53. The van der Waals surface area contributed by atoms with Gasteiger partial charge in [0.1, 0.15) is 6.10 Å². The minimum atomic E-state index is -3.27. The van der Waals surface area contributed by atoms with Gasteiger partial charge in [-0.1, -0.05) is 121 Å². The minimum absolute atomic E-state index is 0.287. The van der Waals surface area contributed by atoms with Crippen LogP contribution in [0.3, 0.4) is 0 Å². The summed E-state index contributed by atoms with van der Waals surface area (Å²) in [5.41, 5.74) is 1.39. The first-order valence-electron chi connectivity index (χ1n) is 11.2. The highest BCUT2D eigenvalue weighted by Gasteiger charge is 2.55. The van der Waals surface area contributed by atoms with Gasteiger partial charge in [-0.05, 0) is 17.5 Å². The lowest BCUT2D eigenvalue weighted by molar-refractivity contribution is -0.144. The maximum Gasteiger partial charge on any atom is 0.310 e. The number of ether oxygens (including phenoxy) is 1. The number of cyclic esters (lactones) is 1. The average molecular weight is 452 g/mol. The second kappa shape index (κ2) is 9.21. The van der Waals surface area contributed by atoms with Crippen molar-refractivity contribution >= 4 is 23.7 Å². The van der Waals surface area contributed by atoms with Gasteiger partial charge in [-0.2, -0.15) is 0 Å². The Morgan fingerprint density at radius 2 is 1.09 bits per heavy atom. The fourth-order valence-corrected chi connectivity index (χ4v) is 8.41. The van der Waals surface area contributed by atoms with Crippen LogP contribution in [-0.2, 0) is 20.5 Å². The largest absolute Gasteiger partial charge is 0.456 e. The first-order chi connectivity index (χ1) is 16.2. The third-order valence-electron chi connectivity index (χ3n) is 6.39. The van der Waals surface area contributed by atoms with E-state index >= 15 is 4.57 Å². The molecule has 0 unspecified atom stereocenters. The SMILES string of the molecule is O=C1O[C@H](c2ccccc2)[C@H](P(=O)(c2ccccc2)c2ccccc2)[C@H]1Cc1ccccc1. The van der Waals surface area contributed by atoms with Crippen LogP contribution in [0.15, 0.2) is 121 Å². The van der Waals surface area contributed by atoms with Crippen molar-refractivity contribution in [2.75, 3.05) is 0 Å². The molecule has 1 aliphatic rings. The van der Waals surface area contributed by atoms with Crippen LogP contribution in [0.25, 0.3) is 0 Å². The van der Waals surface area contributed by atoms with Gasteiger partial charge in [0.15, 0.2) is 7.14 Å². The molecule has 33 heavy (non-hydrogen) atoms. The van der Waals surface area contributed by atoms with Crippen molar-refractivity contribution in [3.63, 3.8) is 0 Å². The number of esters is 1. The third kappa shape index (κ3) is 4.05. The Balaban J connectivity index is 1.71. The third-order valence-corrected chi connectivity index (χ3v) is 10.00. The topological polar surface area (TPSA) is 43.4 Å². The molecule has 0 saturated carbocycles. The highest BCUT2D eigenvalue weighted by molar-refractivity contribution is 7.79. The maximum absolute atomic E-state index is 15.3. The van der Waals surface area contributed by atoms with Crippen LogP contribution in [-0.4, -0.2) is 11.6 Å². The van der Waals surface area contributed by atoms with E-state index in [0.29, 0.717) is 6.42 Å². The molecular weight excluding hydrogens is 427 g/mol. The number of carbonyl (C=O) groups is 1. The van der Waals surface area contributed by atoms with Crippen molar-refractivity contribution in [2.45, 2.75) is 18.2 Å². The second-order valence-corrected chi connectivity index (χ2v) is 11.3. The Kier molecular flexibility index (Phi) is 5.98. The molecule has 4 aromatic rings. The number of hydrogen-bond donors (Lipinski definition) is 0. The highest BCUT2D eigenvalue weighted by atomic mass is 31.2. The van der Waals surface area contributed by atoms with Crippen LogP contribution in [0.2, 0.25) is 0 Å². The molecule has 1 saturated heterocycles. The lowest BCUT2D eigenvalue weighted by atomic mass is 9.93. The van der Waals surface area contributed by atoms with Gasteiger partial charge in [0.25, 0.3) is 0 Å². The molecule has 0 amide bonds. The number of carbonyl (C=O) groups excluding carboxylic acids is 1. The van der Waals surface area contributed by atoms with Gasteiger partial charge >= 0.3 is 5.97 Å². The van der Waals surface area contributed by atoms with Crippen LogP contribution in [0.5, 0.6) is 0 Å². The minimum Gasteiger partial charge on any atom is -0.456 e. The van der Waals surface area contributed by atoms with Gasteiger partial charge in [-0.3, -0.25) is 4.79 Å². The van der Waals surface area contributed by atoms with Crippen LogP contribution < -0.4 is 10.6 Å². The van der Waals surface area contributed by atoms with Crippen LogP contribution in [0, 0.1) is 5.92 Å². The number of benzene rings is 4. The molecule has 1 fully saturated rings. The van der Waals surface area contributed by atoms with Crippen molar-refractivity contribution in [1.82, 2.24) is 0 Å². The molecular formula is C29H25O3P. The zero-order chi connectivity index (χ0) is 22.7. The van der Waals surface area contributed by atoms with Gasteiger partial charge in [0.05, 0.1) is 11.6 Å². The van der Waals surface area contributed by atoms with E-state index in [-0.39, 0.29) is 5.97 Å². The van der Waals surface area contributed by atoms with E-state index in [9.17, 15) is 4.79 Å². The first-order valence-corrected chi connectivity index (χ1v) is 13.0. The molecule has 0 aromatic heterocycles. The Morgan fingerprint density at radius 1 is 0.636 bits per heavy atom. The fourth-order valence-electron chi connectivity index (χ4n) is 4.85. The molecule has 0 radical (unpaired) electrons. The van der Waals surface area contributed by atoms with Crippen molar-refractivity contribution in [3.05, 3.63) is 132 Å². The second-order valence-electron chi connectivity index (χ2n) is 8.38. The molecule has 0 bridgehead atoms. The van der Waals surface area contributed by atoms with Crippen molar-refractivity contribution in [3.8, 4) is 0 Å². The summed E-state index contributed by atoms with van der Waals surface area (Å²) >= 11 is 0.